The Bertz CT molecular complexity index is 541. The average molecular weight is 246 g/mol. The van der Waals surface area contributed by atoms with Gasteiger partial charge in [0, 0.05) is 13.6 Å². The van der Waals surface area contributed by atoms with Crippen LogP contribution in [0.25, 0.3) is 0 Å². The maximum atomic E-state index is 12.4. The summed E-state index contributed by atoms with van der Waals surface area (Å²) in [7, 11) is 1.61. The largest absolute Gasteiger partial charge is 0.506 e. The SMILES string of the molecule is CN1C(=O)[C@@H]2CCCN2C(=O)c2cccc(O)c21. The van der Waals surface area contributed by atoms with Gasteiger partial charge >= 0.3 is 0 Å². The highest BCUT2D eigenvalue weighted by Crippen LogP contribution is 2.36. The number of benzene rings is 1. The maximum absolute atomic E-state index is 12.4. The Morgan fingerprint density at radius 3 is 2.89 bits per heavy atom. The normalized spacial score (nSPS) is 22.8. The van der Waals surface area contributed by atoms with Crippen molar-refractivity contribution in [1.29, 1.82) is 0 Å². The molecule has 18 heavy (non-hydrogen) atoms. The van der Waals surface area contributed by atoms with E-state index in [1.165, 1.54) is 11.0 Å². The molecule has 2 aliphatic rings. The van der Waals surface area contributed by atoms with Crippen LogP contribution < -0.4 is 4.90 Å². The number of anilines is 1. The first-order valence-electron chi connectivity index (χ1n) is 6.02. The number of likely N-dealkylation sites (N-methyl/N-ethyl adjacent to an activating group) is 1. The van der Waals surface area contributed by atoms with Crippen molar-refractivity contribution in [2.75, 3.05) is 18.5 Å². The van der Waals surface area contributed by atoms with Crippen molar-refractivity contribution in [3.05, 3.63) is 23.8 Å². The Labute approximate surface area is 105 Å². The average Bonchev–Trinajstić information content (AvgIpc) is 2.82. The maximum Gasteiger partial charge on any atom is 0.256 e. The van der Waals surface area contributed by atoms with Gasteiger partial charge in [0.2, 0.25) is 5.91 Å². The lowest BCUT2D eigenvalue weighted by molar-refractivity contribution is -0.121. The zero-order chi connectivity index (χ0) is 12.9. The number of phenols is 1. The van der Waals surface area contributed by atoms with Gasteiger partial charge in [-0.3, -0.25) is 9.59 Å². The molecule has 0 bridgehead atoms. The Morgan fingerprint density at radius 2 is 2.11 bits per heavy atom. The molecule has 0 spiro atoms. The van der Waals surface area contributed by atoms with Crippen LogP contribution in [0.5, 0.6) is 5.75 Å². The van der Waals surface area contributed by atoms with Gasteiger partial charge in [0.05, 0.1) is 11.3 Å². The highest BCUT2D eigenvalue weighted by Gasteiger charge is 2.41. The van der Waals surface area contributed by atoms with Crippen LogP contribution in [0.2, 0.25) is 0 Å². The summed E-state index contributed by atoms with van der Waals surface area (Å²) in [6.45, 7) is 0.609. The highest BCUT2D eigenvalue weighted by atomic mass is 16.3. The molecule has 0 unspecified atom stereocenters. The summed E-state index contributed by atoms with van der Waals surface area (Å²) in [5.41, 5.74) is 0.720. The van der Waals surface area contributed by atoms with E-state index < -0.39 is 0 Å². The van der Waals surface area contributed by atoms with Crippen molar-refractivity contribution in [2.24, 2.45) is 0 Å². The van der Waals surface area contributed by atoms with Crippen LogP contribution in [0.3, 0.4) is 0 Å². The number of carbonyl (C=O) groups excluding carboxylic acids is 2. The van der Waals surface area contributed by atoms with Gasteiger partial charge in [-0.05, 0) is 25.0 Å². The van der Waals surface area contributed by atoms with Crippen LogP contribution in [0.1, 0.15) is 23.2 Å². The molecule has 1 atom stereocenters. The third kappa shape index (κ3) is 1.33. The van der Waals surface area contributed by atoms with Gasteiger partial charge in [-0.1, -0.05) is 6.07 Å². The topological polar surface area (TPSA) is 60.9 Å². The summed E-state index contributed by atoms with van der Waals surface area (Å²) < 4.78 is 0. The number of hydrogen-bond donors (Lipinski definition) is 1. The number of hydrogen-bond acceptors (Lipinski definition) is 3. The summed E-state index contributed by atoms with van der Waals surface area (Å²) in [5.74, 6) is -0.319. The van der Waals surface area contributed by atoms with Crippen LogP contribution >= 0.6 is 0 Å². The van der Waals surface area contributed by atoms with E-state index in [4.69, 9.17) is 0 Å². The molecule has 2 heterocycles. The first-order chi connectivity index (χ1) is 8.61. The Kier molecular flexibility index (Phi) is 2.29. The van der Waals surface area contributed by atoms with Gasteiger partial charge in [0.25, 0.3) is 5.91 Å². The van der Waals surface area contributed by atoms with E-state index >= 15 is 0 Å². The fraction of sp³-hybridized carbons (Fsp3) is 0.385. The molecule has 1 fully saturated rings. The molecule has 0 saturated carbocycles. The minimum absolute atomic E-state index is 0.0297. The smallest absolute Gasteiger partial charge is 0.256 e. The number of fused-ring (bicyclic) bond motifs is 2. The number of phenolic OH excluding ortho intramolecular Hbond substituents is 1. The third-order valence-electron chi connectivity index (χ3n) is 3.71. The molecule has 1 aromatic carbocycles. The van der Waals surface area contributed by atoms with E-state index in [-0.39, 0.29) is 23.6 Å². The van der Waals surface area contributed by atoms with Crippen molar-refractivity contribution < 1.29 is 14.7 Å². The summed E-state index contributed by atoms with van der Waals surface area (Å²) in [4.78, 5) is 27.7. The second kappa shape index (κ2) is 3.73. The number of nitrogens with zero attached hydrogens (tertiary/aromatic N) is 2. The number of carbonyl (C=O) groups is 2. The van der Waals surface area contributed by atoms with E-state index in [1.54, 1.807) is 24.1 Å². The molecule has 0 radical (unpaired) electrons. The molecule has 94 valence electrons. The van der Waals surface area contributed by atoms with E-state index in [9.17, 15) is 14.7 Å². The van der Waals surface area contributed by atoms with E-state index in [0.29, 0.717) is 24.2 Å². The number of amides is 2. The van der Waals surface area contributed by atoms with Gasteiger partial charge in [0.1, 0.15) is 11.8 Å². The quantitative estimate of drug-likeness (QED) is 0.742. The predicted molar refractivity (Wildman–Crippen MR) is 65.6 cm³/mol. The lowest BCUT2D eigenvalue weighted by Gasteiger charge is -2.22. The van der Waals surface area contributed by atoms with E-state index in [2.05, 4.69) is 0 Å². The van der Waals surface area contributed by atoms with Crippen molar-refractivity contribution in [3.8, 4) is 5.75 Å². The number of rotatable bonds is 0. The molecule has 0 aromatic heterocycles. The van der Waals surface area contributed by atoms with Crippen molar-refractivity contribution in [3.63, 3.8) is 0 Å². The fourth-order valence-electron chi connectivity index (χ4n) is 2.81. The molecule has 1 N–H and O–H groups in total. The standard InChI is InChI=1S/C13H14N2O3/c1-14-11-8(4-2-6-10(11)16)12(17)15-7-3-5-9(15)13(14)18/h2,4,6,9,16H,3,5,7H2,1H3/t9-/m0/s1. The van der Waals surface area contributed by atoms with Gasteiger partial charge in [-0.2, -0.15) is 0 Å². The third-order valence-corrected chi connectivity index (χ3v) is 3.71. The van der Waals surface area contributed by atoms with E-state index in [0.717, 1.165) is 6.42 Å². The molecule has 1 aromatic rings. The summed E-state index contributed by atoms with van der Waals surface area (Å²) >= 11 is 0. The lowest BCUT2D eigenvalue weighted by atomic mass is 10.1. The molecule has 0 aliphatic carbocycles. The first-order valence-corrected chi connectivity index (χ1v) is 6.02. The minimum Gasteiger partial charge on any atom is -0.506 e. The molecule has 2 aliphatic heterocycles. The van der Waals surface area contributed by atoms with Gasteiger partial charge in [-0.25, -0.2) is 0 Å². The zero-order valence-electron chi connectivity index (χ0n) is 10.1. The van der Waals surface area contributed by atoms with Crippen molar-refractivity contribution in [1.82, 2.24) is 4.90 Å². The monoisotopic (exact) mass is 246 g/mol. The zero-order valence-corrected chi connectivity index (χ0v) is 10.1. The van der Waals surface area contributed by atoms with Gasteiger partial charge in [0.15, 0.2) is 0 Å². The van der Waals surface area contributed by atoms with Crippen molar-refractivity contribution >= 4 is 17.5 Å². The van der Waals surface area contributed by atoms with Gasteiger partial charge < -0.3 is 14.9 Å². The Balaban J connectivity index is 2.21. The van der Waals surface area contributed by atoms with Gasteiger partial charge in [-0.15, -0.1) is 0 Å². The van der Waals surface area contributed by atoms with E-state index in [1.807, 2.05) is 0 Å². The molecule has 5 nitrogen and oxygen atoms in total. The second-order valence-corrected chi connectivity index (χ2v) is 4.73. The van der Waals surface area contributed by atoms with Crippen LogP contribution in [0, 0.1) is 0 Å². The summed E-state index contributed by atoms with van der Waals surface area (Å²) in [5, 5.41) is 9.89. The minimum atomic E-state index is -0.380. The summed E-state index contributed by atoms with van der Waals surface area (Å²) in [6, 6.07) is 4.39. The predicted octanol–water partition coefficient (Wildman–Crippen LogP) is 0.973. The van der Waals surface area contributed by atoms with Crippen LogP contribution in [0.15, 0.2) is 18.2 Å². The van der Waals surface area contributed by atoms with Crippen molar-refractivity contribution in [2.45, 2.75) is 18.9 Å². The second-order valence-electron chi connectivity index (χ2n) is 4.73. The Morgan fingerprint density at radius 1 is 1.33 bits per heavy atom. The first kappa shape index (κ1) is 11.1. The Hall–Kier alpha value is -2.04. The molecule has 2 amide bonds. The molecular formula is C13H14N2O3. The number of aromatic hydroxyl groups is 1. The van der Waals surface area contributed by atoms with Crippen LogP contribution in [0.4, 0.5) is 5.69 Å². The molecular weight excluding hydrogens is 232 g/mol. The molecule has 1 saturated heterocycles. The van der Waals surface area contributed by atoms with Crippen LogP contribution in [-0.4, -0.2) is 41.5 Å². The van der Waals surface area contributed by atoms with Crippen LogP contribution in [-0.2, 0) is 4.79 Å². The lowest BCUT2D eigenvalue weighted by Crippen LogP contribution is -2.43. The fourth-order valence-corrected chi connectivity index (χ4v) is 2.81. The molecule has 5 heteroatoms. The summed E-state index contributed by atoms with van der Waals surface area (Å²) in [6.07, 6.45) is 1.55. The number of para-hydroxylation sites is 1. The molecule has 3 rings (SSSR count). The highest BCUT2D eigenvalue weighted by molar-refractivity contribution is 6.12.